The van der Waals surface area contributed by atoms with Crippen LogP contribution >= 0.6 is 0 Å². The van der Waals surface area contributed by atoms with Crippen molar-refractivity contribution in [1.82, 2.24) is 10.3 Å². The first kappa shape index (κ1) is 17.6. The number of aromatic amines is 1. The molecule has 4 heteroatoms. The number of aliphatic hydroxyl groups excluding tert-OH is 1. The number of nitrogens with one attached hydrogen (secondary N) is 2. The van der Waals surface area contributed by atoms with Crippen LogP contribution in [0.25, 0.3) is 11.3 Å². The number of benzene rings is 1. The molecule has 1 aromatic carbocycles. The molecule has 0 saturated heterocycles. The molecule has 4 nitrogen and oxygen atoms in total. The first-order valence-electron chi connectivity index (χ1n) is 8.45. The molecule has 3 N–H and O–H groups in total. The summed E-state index contributed by atoms with van der Waals surface area (Å²) in [6.45, 7) is 6.23. The number of ether oxygens (including phenoxy) is 1. The topological polar surface area (TPSA) is 57.3 Å². The van der Waals surface area contributed by atoms with Crippen molar-refractivity contribution in [2.45, 2.75) is 32.8 Å². The summed E-state index contributed by atoms with van der Waals surface area (Å²) in [7, 11) is 0. The Balaban J connectivity index is 1.78. The molecule has 0 aliphatic carbocycles. The summed E-state index contributed by atoms with van der Waals surface area (Å²) in [5.74, 6) is 1.51. The molecule has 126 valence electrons. The summed E-state index contributed by atoms with van der Waals surface area (Å²) in [6, 6.07) is 11.8. The van der Waals surface area contributed by atoms with E-state index in [0.29, 0.717) is 6.54 Å². The van der Waals surface area contributed by atoms with E-state index in [0.717, 1.165) is 35.9 Å². The summed E-state index contributed by atoms with van der Waals surface area (Å²) in [5.41, 5.74) is 2.02. The molecule has 2 atom stereocenters. The molecule has 1 heterocycles. The van der Waals surface area contributed by atoms with Crippen LogP contribution in [0.4, 0.5) is 0 Å². The maximum atomic E-state index is 10.1. The minimum Gasteiger partial charge on any atom is -0.490 e. The molecule has 0 fully saturated rings. The van der Waals surface area contributed by atoms with E-state index in [-0.39, 0.29) is 6.61 Å². The van der Waals surface area contributed by atoms with Crippen molar-refractivity contribution in [3.8, 4) is 17.0 Å². The first-order chi connectivity index (χ1) is 11.2. The zero-order valence-electron chi connectivity index (χ0n) is 14.1. The van der Waals surface area contributed by atoms with Crippen LogP contribution < -0.4 is 10.1 Å². The quantitative estimate of drug-likeness (QED) is 0.588. The van der Waals surface area contributed by atoms with Gasteiger partial charge in [-0.1, -0.05) is 32.4 Å². The van der Waals surface area contributed by atoms with Crippen LogP contribution in [-0.4, -0.2) is 35.9 Å². The Labute approximate surface area is 138 Å². The summed E-state index contributed by atoms with van der Waals surface area (Å²) in [6.07, 6.45) is 3.72. The van der Waals surface area contributed by atoms with Gasteiger partial charge in [0.1, 0.15) is 18.5 Å². The second-order valence-electron chi connectivity index (χ2n) is 6.05. The highest BCUT2D eigenvalue weighted by Gasteiger charge is 2.09. The van der Waals surface area contributed by atoms with Crippen molar-refractivity contribution < 1.29 is 9.84 Å². The summed E-state index contributed by atoms with van der Waals surface area (Å²) >= 11 is 0. The van der Waals surface area contributed by atoms with Crippen molar-refractivity contribution >= 4 is 0 Å². The van der Waals surface area contributed by atoms with Gasteiger partial charge >= 0.3 is 0 Å². The van der Waals surface area contributed by atoms with E-state index >= 15 is 0 Å². The molecule has 2 aromatic rings. The van der Waals surface area contributed by atoms with Crippen LogP contribution in [0.5, 0.6) is 5.75 Å². The van der Waals surface area contributed by atoms with E-state index in [2.05, 4.69) is 24.1 Å². The van der Waals surface area contributed by atoms with E-state index in [1.807, 2.05) is 42.6 Å². The van der Waals surface area contributed by atoms with Gasteiger partial charge in [-0.2, -0.15) is 0 Å². The molecule has 0 aliphatic heterocycles. The highest BCUT2D eigenvalue weighted by atomic mass is 16.5. The minimum atomic E-state index is -0.511. The normalized spacial score (nSPS) is 13.7. The molecule has 0 aliphatic rings. The van der Waals surface area contributed by atoms with Crippen LogP contribution in [0.1, 0.15) is 26.7 Å². The first-order valence-corrected chi connectivity index (χ1v) is 8.45. The van der Waals surface area contributed by atoms with Gasteiger partial charge < -0.3 is 20.1 Å². The lowest BCUT2D eigenvalue weighted by Crippen LogP contribution is -2.32. The molecule has 0 amide bonds. The number of para-hydroxylation sites is 1. The van der Waals surface area contributed by atoms with Gasteiger partial charge in [-0.3, -0.25) is 0 Å². The van der Waals surface area contributed by atoms with Crippen LogP contribution in [-0.2, 0) is 0 Å². The van der Waals surface area contributed by atoms with E-state index in [1.165, 1.54) is 6.42 Å². The Morgan fingerprint density at radius 3 is 2.78 bits per heavy atom. The average molecular weight is 316 g/mol. The molecule has 2 unspecified atom stereocenters. The van der Waals surface area contributed by atoms with Crippen molar-refractivity contribution in [3.63, 3.8) is 0 Å². The Kier molecular flexibility index (Phi) is 7.17. The Bertz CT molecular complexity index is 554. The second-order valence-corrected chi connectivity index (χ2v) is 6.05. The van der Waals surface area contributed by atoms with Gasteiger partial charge in [0.15, 0.2) is 0 Å². The van der Waals surface area contributed by atoms with Crippen LogP contribution in [0.3, 0.4) is 0 Å². The lowest BCUT2D eigenvalue weighted by Gasteiger charge is -2.16. The van der Waals surface area contributed by atoms with Crippen LogP contribution in [0, 0.1) is 5.92 Å². The number of aromatic nitrogens is 1. The van der Waals surface area contributed by atoms with Gasteiger partial charge in [-0.05, 0) is 43.1 Å². The van der Waals surface area contributed by atoms with Gasteiger partial charge in [-0.25, -0.2) is 0 Å². The molecule has 23 heavy (non-hydrogen) atoms. The molecule has 0 bridgehead atoms. The minimum absolute atomic E-state index is 0.286. The lowest BCUT2D eigenvalue weighted by molar-refractivity contribution is 0.106. The fraction of sp³-hybridized carbons (Fsp3) is 0.474. The molecule has 2 rings (SSSR count). The maximum absolute atomic E-state index is 10.1. The smallest absolute Gasteiger partial charge is 0.128 e. The molecule has 0 radical (unpaired) electrons. The fourth-order valence-electron chi connectivity index (χ4n) is 2.38. The predicted octanol–water partition coefficient (Wildman–Crippen LogP) is 3.45. The third-order valence-electron chi connectivity index (χ3n) is 4.10. The zero-order valence-corrected chi connectivity index (χ0v) is 14.1. The molecule has 0 saturated carbocycles. The largest absolute Gasteiger partial charge is 0.490 e. The number of H-pyrrole nitrogens is 1. The van der Waals surface area contributed by atoms with E-state index < -0.39 is 6.10 Å². The van der Waals surface area contributed by atoms with Crippen molar-refractivity contribution in [3.05, 3.63) is 42.6 Å². The Morgan fingerprint density at radius 1 is 1.22 bits per heavy atom. The summed E-state index contributed by atoms with van der Waals surface area (Å²) in [4.78, 5) is 3.18. The monoisotopic (exact) mass is 316 g/mol. The van der Waals surface area contributed by atoms with Gasteiger partial charge in [0.2, 0.25) is 0 Å². The SMILES string of the molecule is CCC(C)CCNCC(O)COc1ccccc1-c1ccc[nH]1. The molecule has 0 spiro atoms. The zero-order chi connectivity index (χ0) is 16.5. The van der Waals surface area contributed by atoms with Gasteiger partial charge in [-0.15, -0.1) is 0 Å². The predicted molar refractivity (Wildman–Crippen MR) is 94.7 cm³/mol. The van der Waals surface area contributed by atoms with Gasteiger partial charge in [0.05, 0.1) is 0 Å². The molecular formula is C19H28N2O2. The lowest BCUT2D eigenvalue weighted by atomic mass is 10.1. The second kappa shape index (κ2) is 9.38. The third kappa shape index (κ3) is 5.73. The van der Waals surface area contributed by atoms with Crippen molar-refractivity contribution in [2.24, 2.45) is 5.92 Å². The summed E-state index contributed by atoms with van der Waals surface area (Å²) < 4.78 is 5.81. The number of aliphatic hydroxyl groups is 1. The van der Waals surface area contributed by atoms with Crippen LogP contribution in [0.15, 0.2) is 42.6 Å². The maximum Gasteiger partial charge on any atom is 0.128 e. The highest BCUT2D eigenvalue weighted by Crippen LogP contribution is 2.28. The Hall–Kier alpha value is -1.78. The van der Waals surface area contributed by atoms with E-state index in [1.54, 1.807) is 0 Å². The molecule has 1 aromatic heterocycles. The highest BCUT2D eigenvalue weighted by molar-refractivity contribution is 5.67. The fourth-order valence-corrected chi connectivity index (χ4v) is 2.38. The average Bonchev–Trinajstić information content (AvgIpc) is 3.11. The standard InChI is InChI=1S/C19H28N2O2/c1-3-15(2)10-12-20-13-16(22)14-23-19-9-5-4-7-17(19)18-8-6-11-21-18/h4-9,11,15-16,20-22H,3,10,12-14H2,1-2H3. The Morgan fingerprint density at radius 2 is 2.04 bits per heavy atom. The summed E-state index contributed by atoms with van der Waals surface area (Å²) in [5, 5.41) is 13.4. The van der Waals surface area contributed by atoms with Crippen molar-refractivity contribution in [2.75, 3.05) is 19.7 Å². The molecular weight excluding hydrogens is 288 g/mol. The van der Waals surface area contributed by atoms with Crippen molar-refractivity contribution in [1.29, 1.82) is 0 Å². The van der Waals surface area contributed by atoms with Gasteiger partial charge in [0, 0.05) is 24.0 Å². The van der Waals surface area contributed by atoms with Crippen LogP contribution in [0.2, 0.25) is 0 Å². The van der Waals surface area contributed by atoms with E-state index in [9.17, 15) is 5.11 Å². The number of hydrogen-bond donors (Lipinski definition) is 3. The number of hydrogen-bond acceptors (Lipinski definition) is 3. The van der Waals surface area contributed by atoms with Gasteiger partial charge in [0.25, 0.3) is 0 Å². The van der Waals surface area contributed by atoms with E-state index in [4.69, 9.17) is 4.74 Å². The third-order valence-corrected chi connectivity index (χ3v) is 4.10. The number of rotatable bonds is 10.